The van der Waals surface area contributed by atoms with E-state index in [1.54, 1.807) is 10.6 Å². The quantitative estimate of drug-likeness (QED) is 0.395. The first-order chi connectivity index (χ1) is 17.8. The number of aryl methyl sites for hydroxylation is 1. The summed E-state index contributed by atoms with van der Waals surface area (Å²) in [7, 11) is -3.30. The minimum atomic E-state index is -3.30. The maximum Gasteiger partial charge on any atom is 0.177 e. The van der Waals surface area contributed by atoms with Gasteiger partial charge >= 0.3 is 0 Å². The number of hydrogen-bond acceptors (Lipinski definition) is 9. The van der Waals surface area contributed by atoms with Crippen LogP contribution in [0.15, 0.2) is 59.9 Å². The first-order valence-electron chi connectivity index (χ1n) is 12.2. The Bertz CT molecular complexity index is 1540. The highest BCUT2D eigenvalue weighted by Gasteiger charge is 2.33. The molecule has 4 aromatic heterocycles. The monoisotopic (exact) mass is 520 g/mol. The molecule has 11 heteroatoms. The number of aromatic nitrogens is 4. The Balaban J connectivity index is 1.25. The van der Waals surface area contributed by atoms with Crippen molar-refractivity contribution in [3.8, 4) is 16.9 Å². The number of ether oxygens (including phenoxy) is 2. The third kappa shape index (κ3) is 5.15. The van der Waals surface area contributed by atoms with Crippen molar-refractivity contribution in [2.45, 2.75) is 42.8 Å². The molecule has 10 nitrogen and oxygen atoms in total. The van der Waals surface area contributed by atoms with Crippen LogP contribution in [0.3, 0.4) is 0 Å². The van der Waals surface area contributed by atoms with Crippen LogP contribution in [-0.2, 0) is 14.6 Å². The fourth-order valence-electron chi connectivity index (χ4n) is 4.96. The van der Waals surface area contributed by atoms with Crippen molar-refractivity contribution < 1.29 is 17.9 Å². The molecule has 0 radical (unpaired) electrons. The van der Waals surface area contributed by atoms with Crippen LogP contribution < -0.4 is 15.4 Å². The Morgan fingerprint density at radius 2 is 1.86 bits per heavy atom. The van der Waals surface area contributed by atoms with Gasteiger partial charge in [0.2, 0.25) is 0 Å². The van der Waals surface area contributed by atoms with Gasteiger partial charge in [-0.05, 0) is 42.8 Å². The van der Waals surface area contributed by atoms with Gasteiger partial charge in [-0.2, -0.15) is 5.10 Å². The molecule has 4 aromatic rings. The average Bonchev–Trinajstić information content (AvgIpc) is 3.26. The maximum absolute atomic E-state index is 11.7. The van der Waals surface area contributed by atoms with Gasteiger partial charge in [0.05, 0.1) is 29.8 Å². The van der Waals surface area contributed by atoms with E-state index in [2.05, 4.69) is 37.8 Å². The van der Waals surface area contributed by atoms with E-state index < -0.39 is 9.84 Å². The zero-order valence-corrected chi connectivity index (χ0v) is 21.4. The highest BCUT2D eigenvalue weighted by atomic mass is 32.2. The summed E-state index contributed by atoms with van der Waals surface area (Å²) in [5, 5.41) is 11.3. The molecule has 0 saturated carbocycles. The molecule has 2 N–H and O–H groups in total. The van der Waals surface area contributed by atoms with Crippen molar-refractivity contribution >= 4 is 27.0 Å². The second kappa shape index (κ2) is 9.40. The predicted molar refractivity (Wildman–Crippen MR) is 139 cm³/mol. The van der Waals surface area contributed by atoms with Gasteiger partial charge in [-0.3, -0.25) is 4.98 Å². The fourth-order valence-corrected chi connectivity index (χ4v) is 5.51. The normalized spacial score (nSPS) is 21.6. The average molecular weight is 521 g/mol. The fraction of sp³-hybridized carbons (Fsp3) is 0.346. The molecule has 0 aliphatic carbocycles. The van der Waals surface area contributed by atoms with Crippen LogP contribution in [-0.4, -0.2) is 65.7 Å². The molecule has 6 rings (SSSR count). The number of anilines is 2. The molecule has 2 fully saturated rings. The van der Waals surface area contributed by atoms with Crippen molar-refractivity contribution in [2.75, 3.05) is 24.8 Å². The Labute approximate surface area is 215 Å². The number of sulfone groups is 1. The summed E-state index contributed by atoms with van der Waals surface area (Å²) in [5.74, 6) is 1.88. The van der Waals surface area contributed by atoms with Crippen molar-refractivity contribution in [2.24, 2.45) is 0 Å². The van der Waals surface area contributed by atoms with E-state index in [9.17, 15) is 8.42 Å². The van der Waals surface area contributed by atoms with E-state index >= 15 is 0 Å². The first-order valence-corrected chi connectivity index (χ1v) is 14.1. The molecule has 37 heavy (non-hydrogen) atoms. The van der Waals surface area contributed by atoms with Crippen LogP contribution in [0.5, 0.6) is 5.75 Å². The van der Waals surface area contributed by atoms with E-state index in [0.717, 1.165) is 60.4 Å². The maximum atomic E-state index is 11.7. The molecule has 2 saturated heterocycles. The Morgan fingerprint density at radius 3 is 2.59 bits per heavy atom. The summed E-state index contributed by atoms with van der Waals surface area (Å²) >= 11 is 0. The van der Waals surface area contributed by atoms with Gasteiger partial charge in [0.15, 0.2) is 15.7 Å². The summed E-state index contributed by atoms with van der Waals surface area (Å²) < 4.78 is 37.3. The van der Waals surface area contributed by atoms with E-state index in [1.165, 1.54) is 12.3 Å². The molecule has 2 aliphatic rings. The second-order valence-corrected chi connectivity index (χ2v) is 11.7. The van der Waals surface area contributed by atoms with Crippen LogP contribution in [0, 0.1) is 6.92 Å². The van der Waals surface area contributed by atoms with Crippen LogP contribution in [0.4, 0.5) is 11.6 Å². The van der Waals surface area contributed by atoms with Crippen molar-refractivity contribution in [1.29, 1.82) is 0 Å². The van der Waals surface area contributed by atoms with Gasteiger partial charge in [0.25, 0.3) is 0 Å². The molecule has 6 heterocycles. The molecule has 0 amide bonds. The van der Waals surface area contributed by atoms with Crippen LogP contribution >= 0.6 is 0 Å². The third-order valence-corrected chi connectivity index (χ3v) is 7.79. The van der Waals surface area contributed by atoms with Gasteiger partial charge in [0, 0.05) is 60.9 Å². The zero-order valence-electron chi connectivity index (χ0n) is 20.6. The molecular weight excluding hydrogens is 492 g/mol. The van der Waals surface area contributed by atoms with Crippen LogP contribution in [0.25, 0.3) is 16.6 Å². The lowest BCUT2D eigenvalue weighted by Crippen LogP contribution is -2.56. The van der Waals surface area contributed by atoms with E-state index in [0.29, 0.717) is 23.7 Å². The van der Waals surface area contributed by atoms with Gasteiger partial charge in [-0.25, -0.2) is 17.9 Å². The molecule has 0 aromatic carbocycles. The zero-order chi connectivity index (χ0) is 25.6. The topological polar surface area (TPSA) is 120 Å². The van der Waals surface area contributed by atoms with Crippen LogP contribution in [0.2, 0.25) is 0 Å². The highest BCUT2D eigenvalue weighted by molar-refractivity contribution is 7.90. The van der Waals surface area contributed by atoms with E-state index in [4.69, 9.17) is 9.47 Å². The van der Waals surface area contributed by atoms with Crippen molar-refractivity contribution in [3.05, 3.63) is 60.7 Å². The number of hydrogen-bond donors (Lipinski definition) is 2. The van der Waals surface area contributed by atoms with E-state index in [1.807, 2.05) is 31.5 Å². The molecule has 2 bridgehead atoms. The lowest BCUT2D eigenvalue weighted by atomic mass is 9.94. The second-order valence-electron chi connectivity index (χ2n) is 9.72. The molecule has 192 valence electrons. The van der Waals surface area contributed by atoms with Crippen molar-refractivity contribution in [1.82, 2.24) is 24.9 Å². The van der Waals surface area contributed by atoms with Gasteiger partial charge in [0.1, 0.15) is 17.7 Å². The summed E-state index contributed by atoms with van der Waals surface area (Å²) in [6.07, 6.45) is 8.13. The standard InChI is InChI=1S/C26H28N6O4S/c1-16-7-23(24(13-27-16)36-21-9-18-14-35-15-19(10-21)29-18)17-5-6-32-20(8-17)11-26(31-32)30-25-4-3-22(12-28-25)37(2,33)34/h3-8,11-13,18-19,21,29H,9-10,14-15H2,1-2H3,(H,28,30,31)/t18-,19+,21?. The number of pyridine rings is 3. The summed E-state index contributed by atoms with van der Waals surface area (Å²) in [4.78, 5) is 8.87. The predicted octanol–water partition coefficient (Wildman–Crippen LogP) is 3.15. The van der Waals surface area contributed by atoms with Crippen LogP contribution in [0.1, 0.15) is 18.5 Å². The van der Waals surface area contributed by atoms with Gasteiger partial charge < -0.3 is 20.1 Å². The molecule has 0 spiro atoms. The number of fused-ring (bicyclic) bond motifs is 3. The molecule has 1 unspecified atom stereocenters. The number of rotatable bonds is 6. The Kier molecular flexibility index (Phi) is 6.06. The minimum Gasteiger partial charge on any atom is -0.488 e. The smallest absolute Gasteiger partial charge is 0.177 e. The number of piperidine rings is 1. The van der Waals surface area contributed by atoms with Crippen molar-refractivity contribution in [3.63, 3.8) is 0 Å². The van der Waals surface area contributed by atoms with Gasteiger partial charge in [-0.15, -0.1) is 0 Å². The molecular formula is C26H28N6O4S. The van der Waals surface area contributed by atoms with Gasteiger partial charge in [-0.1, -0.05) is 0 Å². The first kappa shape index (κ1) is 23.8. The summed E-state index contributed by atoms with van der Waals surface area (Å²) in [6.45, 7) is 3.42. The Morgan fingerprint density at radius 1 is 1.05 bits per heavy atom. The largest absolute Gasteiger partial charge is 0.488 e. The summed E-state index contributed by atoms with van der Waals surface area (Å²) in [5.41, 5.74) is 3.80. The molecule has 3 atom stereocenters. The lowest BCUT2D eigenvalue weighted by molar-refractivity contribution is -0.0122. The number of morpholine rings is 1. The van der Waals surface area contributed by atoms with E-state index in [-0.39, 0.29) is 11.0 Å². The SMILES string of the molecule is Cc1cc(-c2ccn3nc(Nc4ccc(S(C)(=O)=O)cn4)cc3c2)c(OC2C[C@H]3COC[C@@H](C2)N3)cn1. The Hall–Kier alpha value is -3.54. The summed E-state index contributed by atoms with van der Waals surface area (Å²) in [6, 6.07) is 11.8. The number of nitrogens with zero attached hydrogens (tertiary/aromatic N) is 4. The lowest BCUT2D eigenvalue weighted by Gasteiger charge is -2.40. The third-order valence-electron chi connectivity index (χ3n) is 6.70. The highest BCUT2D eigenvalue weighted by Crippen LogP contribution is 2.34. The number of nitrogens with one attached hydrogen (secondary N) is 2. The molecule has 2 aliphatic heterocycles. The minimum absolute atomic E-state index is 0.111.